The van der Waals surface area contributed by atoms with E-state index in [9.17, 15) is 4.39 Å². The van der Waals surface area contributed by atoms with Gasteiger partial charge in [-0.15, -0.1) is 0 Å². The predicted octanol–water partition coefficient (Wildman–Crippen LogP) is 4.48. The molecule has 0 spiro atoms. The largest absolute Gasteiger partial charge is 0.322 e. The second-order valence-electron chi connectivity index (χ2n) is 4.32. The monoisotopic (exact) mass is 294 g/mol. The minimum absolute atomic E-state index is 0.0359. The van der Waals surface area contributed by atoms with Crippen molar-refractivity contribution >= 4 is 34.7 Å². The zero-order chi connectivity index (χ0) is 13.6. The van der Waals surface area contributed by atoms with Gasteiger partial charge in [-0.05, 0) is 17.7 Å². The zero-order valence-corrected chi connectivity index (χ0v) is 11.3. The van der Waals surface area contributed by atoms with Crippen molar-refractivity contribution in [3.05, 3.63) is 63.4 Å². The van der Waals surface area contributed by atoms with E-state index in [0.717, 1.165) is 11.1 Å². The Hall–Kier alpha value is -1.58. The first-order valence-electron chi connectivity index (χ1n) is 5.67. The van der Waals surface area contributed by atoms with Crippen LogP contribution in [0.25, 0.3) is 0 Å². The number of amidine groups is 1. The highest BCUT2D eigenvalue weighted by molar-refractivity contribution is 6.35. The number of halogens is 3. The van der Waals surface area contributed by atoms with Gasteiger partial charge in [0.2, 0.25) is 0 Å². The average Bonchev–Trinajstić information content (AvgIpc) is 2.73. The molecule has 2 aromatic rings. The Morgan fingerprint density at radius 2 is 1.74 bits per heavy atom. The number of anilines is 1. The summed E-state index contributed by atoms with van der Waals surface area (Å²) >= 11 is 11.6. The van der Waals surface area contributed by atoms with Crippen LogP contribution in [0.15, 0.2) is 36.4 Å². The Morgan fingerprint density at radius 3 is 2.37 bits per heavy atom. The van der Waals surface area contributed by atoms with Crippen molar-refractivity contribution in [2.75, 3.05) is 4.90 Å². The molecule has 0 amide bonds. The van der Waals surface area contributed by atoms with E-state index in [0.29, 0.717) is 18.1 Å². The Morgan fingerprint density at radius 1 is 1.11 bits per heavy atom. The number of hydrogen-bond donors (Lipinski definition) is 1. The summed E-state index contributed by atoms with van der Waals surface area (Å²) in [6.45, 7) is 0.563. The molecule has 1 heterocycles. The molecule has 19 heavy (non-hydrogen) atoms. The van der Waals surface area contributed by atoms with Crippen molar-refractivity contribution < 1.29 is 4.39 Å². The number of nitrogens with zero attached hydrogens (tertiary/aromatic N) is 1. The molecule has 0 saturated heterocycles. The summed E-state index contributed by atoms with van der Waals surface area (Å²) in [5.74, 6) is -0.260. The number of benzene rings is 2. The molecule has 0 unspecified atom stereocenters. The number of nitrogens with one attached hydrogen (secondary N) is 1. The van der Waals surface area contributed by atoms with Crippen LogP contribution in [0.3, 0.4) is 0 Å². The molecule has 1 N–H and O–H groups in total. The van der Waals surface area contributed by atoms with Crippen molar-refractivity contribution in [2.24, 2.45) is 0 Å². The van der Waals surface area contributed by atoms with Crippen LogP contribution in [0.2, 0.25) is 10.0 Å². The van der Waals surface area contributed by atoms with Crippen molar-refractivity contribution in [3.8, 4) is 0 Å². The highest BCUT2D eigenvalue weighted by Crippen LogP contribution is 2.33. The lowest BCUT2D eigenvalue weighted by Gasteiger charge is -2.18. The maximum Gasteiger partial charge on any atom is 0.160 e. The van der Waals surface area contributed by atoms with Crippen LogP contribution in [0.1, 0.15) is 11.1 Å². The van der Waals surface area contributed by atoms with Crippen molar-refractivity contribution in [1.82, 2.24) is 0 Å². The summed E-state index contributed by atoms with van der Waals surface area (Å²) in [4.78, 5) is 1.75. The molecule has 0 radical (unpaired) electrons. The van der Waals surface area contributed by atoms with E-state index < -0.39 is 5.82 Å². The van der Waals surface area contributed by atoms with Crippen LogP contribution in [-0.4, -0.2) is 5.84 Å². The van der Waals surface area contributed by atoms with Gasteiger partial charge in [-0.25, -0.2) is 4.39 Å². The third-order valence-electron chi connectivity index (χ3n) is 3.15. The number of hydrogen-bond acceptors (Lipinski definition) is 1. The number of rotatable bonds is 1. The van der Waals surface area contributed by atoms with Gasteiger partial charge in [-0.2, -0.15) is 0 Å². The second-order valence-corrected chi connectivity index (χ2v) is 5.13. The Balaban J connectivity index is 2.05. The lowest BCUT2D eigenvalue weighted by Crippen LogP contribution is -2.23. The SMILES string of the molecule is N=C1c2ccccc2CN1c1cc(Cl)c(F)c(Cl)c1. The van der Waals surface area contributed by atoms with E-state index in [1.165, 1.54) is 12.1 Å². The van der Waals surface area contributed by atoms with Crippen LogP contribution in [0.4, 0.5) is 10.1 Å². The summed E-state index contributed by atoms with van der Waals surface area (Å²) in [7, 11) is 0. The van der Waals surface area contributed by atoms with Crippen LogP contribution >= 0.6 is 23.2 Å². The van der Waals surface area contributed by atoms with Gasteiger partial charge >= 0.3 is 0 Å². The molecular formula is C14H9Cl2FN2. The van der Waals surface area contributed by atoms with Gasteiger partial charge in [0.05, 0.1) is 16.6 Å². The van der Waals surface area contributed by atoms with Gasteiger partial charge in [0.15, 0.2) is 5.82 Å². The number of fused-ring (bicyclic) bond motifs is 1. The van der Waals surface area contributed by atoms with E-state index in [4.69, 9.17) is 28.6 Å². The van der Waals surface area contributed by atoms with Crippen molar-refractivity contribution in [1.29, 1.82) is 5.41 Å². The van der Waals surface area contributed by atoms with Gasteiger partial charge in [-0.3, -0.25) is 5.41 Å². The molecule has 5 heteroatoms. The molecule has 0 aliphatic carbocycles. The average molecular weight is 295 g/mol. The zero-order valence-electron chi connectivity index (χ0n) is 9.75. The molecule has 0 aromatic heterocycles. The maximum atomic E-state index is 13.4. The minimum Gasteiger partial charge on any atom is -0.322 e. The Bertz CT molecular complexity index is 662. The minimum atomic E-state index is -0.629. The lowest BCUT2D eigenvalue weighted by atomic mass is 10.1. The molecule has 2 aromatic carbocycles. The fourth-order valence-corrected chi connectivity index (χ4v) is 2.68. The van der Waals surface area contributed by atoms with Crippen LogP contribution < -0.4 is 4.90 Å². The third-order valence-corrected chi connectivity index (χ3v) is 3.70. The quantitative estimate of drug-likeness (QED) is 0.772. The van der Waals surface area contributed by atoms with E-state index in [-0.39, 0.29) is 10.0 Å². The Labute approximate surface area is 119 Å². The van der Waals surface area contributed by atoms with Crippen LogP contribution in [0, 0.1) is 11.2 Å². The van der Waals surface area contributed by atoms with Crippen LogP contribution in [0.5, 0.6) is 0 Å². The molecule has 0 bridgehead atoms. The Kier molecular flexibility index (Phi) is 2.96. The standard InChI is InChI=1S/C14H9Cl2FN2/c15-11-5-9(6-12(16)13(11)17)19-7-8-3-1-2-4-10(8)14(19)18/h1-6,18H,7H2. The van der Waals surface area contributed by atoms with Crippen LogP contribution in [-0.2, 0) is 6.54 Å². The topological polar surface area (TPSA) is 27.1 Å². The highest BCUT2D eigenvalue weighted by Gasteiger charge is 2.25. The molecule has 0 saturated carbocycles. The van der Waals surface area contributed by atoms with E-state index in [1.54, 1.807) is 4.90 Å². The summed E-state index contributed by atoms with van der Waals surface area (Å²) in [5, 5.41) is 8.09. The third kappa shape index (κ3) is 1.99. The molecular weight excluding hydrogens is 286 g/mol. The molecule has 2 nitrogen and oxygen atoms in total. The van der Waals surface area contributed by atoms with Gasteiger partial charge in [0, 0.05) is 11.3 Å². The van der Waals surface area contributed by atoms with Gasteiger partial charge in [0.25, 0.3) is 0 Å². The smallest absolute Gasteiger partial charge is 0.160 e. The van der Waals surface area contributed by atoms with Crippen molar-refractivity contribution in [3.63, 3.8) is 0 Å². The van der Waals surface area contributed by atoms with E-state index >= 15 is 0 Å². The fourth-order valence-electron chi connectivity index (χ4n) is 2.20. The maximum absolute atomic E-state index is 13.4. The summed E-state index contributed by atoms with van der Waals surface area (Å²) in [6.07, 6.45) is 0. The molecule has 3 rings (SSSR count). The first kappa shape index (κ1) is 12.5. The van der Waals surface area contributed by atoms with E-state index in [2.05, 4.69) is 0 Å². The normalized spacial score (nSPS) is 13.8. The predicted molar refractivity (Wildman–Crippen MR) is 75.9 cm³/mol. The first-order valence-corrected chi connectivity index (χ1v) is 6.42. The molecule has 96 valence electrons. The lowest BCUT2D eigenvalue weighted by molar-refractivity contribution is 0.628. The van der Waals surface area contributed by atoms with Gasteiger partial charge < -0.3 is 4.90 Å². The summed E-state index contributed by atoms with van der Waals surface area (Å²) in [6, 6.07) is 10.7. The summed E-state index contributed by atoms with van der Waals surface area (Å²) < 4.78 is 13.4. The van der Waals surface area contributed by atoms with Gasteiger partial charge in [-0.1, -0.05) is 47.5 Å². The van der Waals surface area contributed by atoms with Gasteiger partial charge in [0.1, 0.15) is 5.84 Å². The summed E-state index contributed by atoms with van der Waals surface area (Å²) in [5.41, 5.74) is 2.56. The molecule has 1 aliphatic rings. The molecule has 0 atom stereocenters. The van der Waals surface area contributed by atoms with Crippen molar-refractivity contribution in [2.45, 2.75) is 6.54 Å². The fraction of sp³-hybridized carbons (Fsp3) is 0.0714. The first-order chi connectivity index (χ1) is 9.08. The molecule has 1 aliphatic heterocycles. The molecule has 0 fully saturated rings. The second kappa shape index (κ2) is 4.51. The highest BCUT2D eigenvalue weighted by atomic mass is 35.5. The van der Waals surface area contributed by atoms with E-state index in [1.807, 2.05) is 24.3 Å².